The first kappa shape index (κ1) is 37.7. The van der Waals surface area contributed by atoms with E-state index in [-0.39, 0.29) is 49.0 Å². The van der Waals surface area contributed by atoms with Crippen LogP contribution in [0, 0.1) is 39.5 Å². The van der Waals surface area contributed by atoms with E-state index in [9.17, 15) is 0 Å². The second-order valence-corrected chi connectivity index (χ2v) is 14.1. The molecule has 0 N–H and O–H groups in total. The predicted octanol–water partition coefficient (Wildman–Crippen LogP) is 9.73. The van der Waals surface area contributed by atoms with E-state index in [0.29, 0.717) is 0 Å². The van der Waals surface area contributed by atoms with Gasteiger partial charge in [0.15, 0.2) is 0 Å². The van der Waals surface area contributed by atoms with E-state index in [1.165, 1.54) is 63.7 Å². The topological polar surface area (TPSA) is 0 Å². The molecular formula is C30H52Fe2P+. The van der Waals surface area contributed by atoms with E-state index in [4.69, 9.17) is 0 Å². The smallest absolute Gasteiger partial charge is 0.358 e. The molecule has 3 unspecified atom stereocenters. The number of hydrogen-bond donors (Lipinski definition) is 0. The van der Waals surface area contributed by atoms with Crippen LogP contribution >= 0.6 is 7.26 Å². The van der Waals surface area contributed by atoms with Crippen molar-refractivity contribution >= 4 is 7.26 Å². The van der Waals surface area contributed by atoms with Gasteiger partial charge in [-0.15, -0.1) is 18.2 Å². The second kappa shape index (κ2) is 21.5. The Kier molecular flexibility index (Phi) is 24.5. The zero-order valence-electron chi connectivity index (χ0n) is 22.4. The Labute approximate surface area is 231 Å². The molecule has 0 aromatic rings. The van der Waals surface area contributed by atoms with E-state index in [1.807, 2.05) is 6.08 Å². The molecule has 3 atom stereocenters. The Morgan fingerprint density at radius 2 is 1.45 bits per heavy atom. The molecule has 0 aliphatic heterocycles. The maximum Gasteiger partial charge on any atom is 2.00 e. The van der Waals surface area contributed by atoms with Crippen molar-refractivity contribution in [1.29, 1.82) is 0 Å². The average Bonchev–Trinajstić information content (AvgIpc) is 3.50. The first-order valence-electron chi connectivity index (χ1n) is 12.3. The molecule has 2 fully saturated rings. The van der Waals surface area contributed by atoms with Crippen LogP contribution in [0.4, 0.5) is 0 Å². The van der Waals surface area contributed by atoms with Gasteiger partial charge in [0, 0.05) is 19.6 Å². The van der Waals surface area contributed by atoms with E-state index < -0.39 is 7.26 Å². The van der Waals surface area contributed by atoms with Crippen molar-refractivity contribution in [2.75, 3.05) is 19.0 Å². The van der Waals surface area contributed by atoms with Gasteiger partial charge in [0.05, 0.1) is 12.3 Å². The number of allylic oxidation sites excluding steroid dienone is 8. The summed E-state index contributed by atoms with van der Waals surface area (Å²) in [6.45, 7) is 9.85. The Hall–Kier alpha value is 0.169. The van der Waals surface area contributed by atoms with E-state index in [2.05, 4.69) is 76.7 Å². The van der Waals surface area contributed by atoms with Crippen LogP contribution in [-0.4, -0.2) is 24.6 Å². The Morgan fingerprint density at radius 3 is 1.82 bits per heavy atom. The fraction of sp³-hybridized carbons (Fsp3) is 0.600. The van der Waals surface area contributed by atoms with Crippen molar-refractivity contribution in [3.8, 4) is 0 Å². The van der Waals surface area contributed by atoms with Crippen LogP contribution in [0.3, 0.4) is 0 Å². The zero-order chi connectivity index (χ0) is 21.0. The van der Waals surface area contributed by atoms with Crippen molar-refractivity contribution in [1.82, 2.24) is 0 Å². The third-order valence-corrected chi connectivity index (χ3v) is 12.2. The molecular weight excluding hydrogens is 503 g/mol. The summed E-state index contributed by atoms with van der Waals surface area (Å²) in [5, 5.41) is 0. The molecule has 0 spiro atoms. The summed E-state index contributed by atoms with van der Waals surface area (Å²) in [5.74, 6) is 1.77. The molecule has 0 nitrogen and oxygen atoms in total. The summed E-state index contributed by atoms with van der Waals surface area (Å²) in [6.07, 6.45) is 35.6. The molecule has 2 saturated carbocycles. The molecule has 4 aliphatic rings. The minimum absolute atomic E-state index is 0. The van der Waals surface area contributed by atoms with Crippen LogP contribution in [0.25, 0.3) is 0 Å². The fourth-order valence-electron chi connectivity index (χ4n) is 5.05. The van der Waals surface area contributed by atoms with Crippen molar-refractivity contribution < 1.29 is 34.1 Å². The van der Waals surface area contributed by atoms with Crippen molar-refractivity contribution in [3.63, 3.8) is 0 Å². The third-order valence-electron chi connectivity index (χ3n) is 7.46. The molecule has 0 amide bonds. The quantitative estimate of drug-likeness (QED) is 0.184. The molecule has 0 aromatic carbocycles. The largest absolute Gasteiger partial charge is 2.00 e. The fourth-order valence-corrected chi connectivity index (χ4v) is 7.80. The molecule has 0 saturated heterocycles. The predicted molar refractivity (Wildman–Crippen MR) is 149 cm³/mol. The maximum atomic E-state index is 2.58. The Balaban J connectivity index is -0.000000500. The molecule has 4 aliphatic carbocycles. The molecule has 3 heteroatoms. The van der Waals surface area contributed by atoms with E-state index in [0.717, 1.165) is 23.9 Å². The van der Waals surface area contributed by atoms with Crippen LogP contribution in [0.5, 0.6) is 0 Å². The van der Waals surface area contributed by atoms with Gasteiger partial charge in [-0.05, 0) is 32.1 Å². The maximum absolute atomic E-state index is 2.58. The summed E-state index contributed by atoms with van der Waals surface area (Å²) in [5.41, 5.74) is 2.56. The van der Waals surface area contributed by atoms with Gasteiger partial charge in [0.1, 0.15) is 0 Å². The summed E-state index contributed by atoms with van der Waals surface area (Å²) in [7, 11) is -0.817. The molecule has 0 bridgehead atoms. The summed E-state index contributed by atoms with van der Waals surface area (Å²) < 4.78 is 0. The van der Waals surface area contributed by atoms with E-state index >= 15 is 0 Å². The van der Waals surface area contributed by atoms with Gasteiger partial charge >= 0.3 is 34.1 Å². The van der Waals surface area contributed by atoms with Gasteiger partial charge in [-0.1, -0.05) is 63.9 Å². The SMILES string of the molecule is C1=C[CH-]CC=C1.C1CCCC1.CC[P+](C)(CC)C1[CH-]C=CC=C1C1CCCC1C.[CH3-].[CH3-].[Fe+2].[Fe+2]. The second-order valence-electron chi connectivity index (χ2n) is 9.37. The molecule has 4 rings (SSSR count). The zero-order valence-corrected chi connectivity index (χ0v) is 25.5. The molecule has 192 valence electrons. The number of hydrogen-bond acceptors (Lipinski definition) is 0. The Morgan fingerprint density at radius 1 is 0.848 bits per heavy atom. The average molecular weight is 555 g/mol. The van der Waals surface area contributed by atoms with Crippen molar-refractivity contribution in [3.05, 3.63) is 75.8 Å². The van der Waals surface area contributed by atoms with E-state index in [1.54, 1.807) is 5.57 Å². The van der Waals surface area contributed by atoms with Crippen LogP contribution < -0.4 is 0 Å². The summed E-state index contributed by atoms with van der Waals surface area (Å²) in [6, 6.07) is 0. The van der Waals surface area contributed by atoms with Gasteiger partial charge in [-0.2, -0.15) is 6.42 Å². The van der Waals surface area contributed by atoms with Crippen LogP contribution in [0.1, 0.15) is 78.6 Å². The van der Waals surface area contributed by atoms with Gasteiger partial charge in [0.25, 0.3) is 0 Å². The minimum atomic E-state index is -0.817. The minimum Gasteiger partial charge on any atom is -0.358 e. The molecule has 33 heavy (non-hydrogen) atoms. The van der Waals surface area contributed by atoms with Gasteiger partial charge in [-0.25, -0.2) is 30.7 Å². The van der Waals surface area contributed by atoms with Gasteiger partial charge < -0.3 is 14.9 Å². The molecule has 0 radical (unpaired) electrons. The van der Waals surface area contributed by atoms with Crippen molar-refractivity contribution in [2.45, 2.75) is 84.2 Å². The third kappa shape index (κ3) is 12.6. The normalized spacial score (nSPS) is 24.4. The van der Waals surface area contributed by atoms with Crippen LogP contribution in [-0.2, 0) is 34.1 Å². The van der Waals surface area contributed by atoms with Gasteiger partial charge in [0.2, 0.25) is 0 Å². The van der Waals surface area contributed by atoms with Gasteiger partial charge in [-0.3, -0.25) is 0 Å². The summed E-state index contributed by atoms with van der Waals surface area (Å²) >= 11 is 0. The first-order chi connectivity index (χ1) is 14.1. The van der Waals surface area contributed by atoms with Crippen molar-refractivity contribution in [2.24, 2.45) is 11.8 Å². The monoisotopic (exact) mass is 555 g/mol. The first-order valence-corrected chi connectivity index (χ1v) is 15.0. The van der Waals surface area contributed by atoms with Crippen LogP contribution in [0.2, 0.25) is 0 Å². The Bertz CT molecular complexity index is 548. The standard InChI is InChI=1S/C17H29P.C6H7.C5H10.2CH3.2Fe/c1-5-18(4,6-2)17-13-8-7-11-16(17)15-12-9-10-14(15)3;1-2-4-6-5-3-1;1-2-4-5-3-1;;;;/h7-8,11,13-15,17H,5-6,9-10,12H2,1-4H3;1-5H,6H2;1-5H2;2*1H3;;/q;-1;;2*-1;2*+2. The number of rotatable bonds is 4. The van der Waals surface area contributed by atoms with Crippen LogP contribution in [0.15, 0.2) is 48.1 Å². The molecule has 0 heterocycles. The molecule has 0 aromatic heterocycles. The summed E-state index contributed by atoms with van der Waals surface area (Å²) in [4.78, 5) is 0.